The Bertz CT molecular complexity index is 283. The van der Waals surface area contributed by atoms with Gasteiger partial charge in [-0.15, -0.1) is 0 Å². The van der Waals surface area contributed by atoms with Crippen molar-refractivity contribution in [2.75, 3.05) is 13.1 Å². The van der Waals surface area contributed by atoms with Crippen molar-refractivity contribution in [2.45, 2.75) is 57.0 Å². The van der Waals surface area contributed by atoms with E-state index in [1.54, 1.807) is 0 Å². The molecule has 0 aromatic rings. The summed E-state index contributed by atoms with van der Waals surface area (Å²) in [6.45, 7) is 4.43. The number of hydrogen-bond acceptors (Lipinski definition) is 3. The number of likely N-dealkylation sites (tertiary alicyclic amines) is 1. The molecule has 0 radical (unpaired) electrons. The van der Waals surface area contributed by atoms with Crippen LogP contribution in [0.4, 0.5) is 0 Å². The molecule has 1 saturated carbocycles. The summed E-state index contributed by atoms with van der Waals surface area (Å²) in [4.78, 5) is 2.61. The van der Waals surface area contributed by atoms with Crippen molar-refractivity contribution < 1.29 is 0 Å². The number of hydrogen-bond donors (Lipinski definition) is 1. The molecule has 2 rings (SSSR count). The zero-order valence-corrected chi connectivity index (χ0v) is 10.3. The molecule has 0 aromatic heterocycles. The van der Waals surface area contributed by atoms with Gasteiger partial charge in [0.25, 0.3) is 0 Å². The van der Waals surface area contributed by atoms with Crippen LogP contribution in [-0.4, -0.2) is 29.6 Å². The molecule has 3 nitrogen and oxygen atoms in total. The molecule has 2 aliphatic rings. The van der Waals surface area contributed by atoms with Gasteiger partial charge in [-0.1, -0.05) is 6.92 Å². The minimum absolute atomic E-state index is 0.585. The van der Waals surface area contributed by atoms with E-state index in [1.165, 1.54) is 25.8 Å². The quantitative estimate of drug-likeness (QED) is 0.771. The van der Waals surface area contributed by atoms with Crippen LogP contribution in [0.2, 0.25) is 0 Å². The highest BCUT2D eigenvalue weighted by Crippen LogP contribution is 2.37. The van der Waals surface area contributed by atoms with Gasteiger partial charge in [0.2, 0.25) is 0 Å². The minimum atomic E-state index is -0.585. The number of nitriles is 1. The molecule has 2 fully saturated rings. The second-order valence-corrected chi connectivity index (χ2v) is 5.55. The summed E-state index contributed by atoms with van der Waals surface area (Å²) in [6, 6.07) is 3.09. The van der Waals surface area contributed by atoms with E-state index in [9.17, 15) is 0 Å². The molecule has 2 N–H and O–H groups in total. The van der Waals surface area contributed by atoms with Crippen LogP contribution in [-0.2, 0) is 0 Å². The first-order valence-corrected chi connectivity index (χ1v) is 6.61. The molecule has 3 unspecified atom stereocenters. The summed E-state index contributed by atoms with van der Waals surface area (Å²) in [5, 5.41) is 8.99. The van der Waals surface area contributed by atoms with Gasteiger partial charge in [0.15, 0.2) is 0 Å². The third kappa shape index (κ3) is 2.39. The van der Waals surface area contributed by atoms with Gasteiger partial charge in [0.1, 0.15) is 5.54 Å². The second kappa shape index (κ2) is 4.73. The summed E-state index contributed by atoms with van der Waals surface area (Å²) in [7, 11) is 0. The third-order valence-electron chi connectivity index (χ3n) is 4.44. The molecular formula is C13H23N3. The normalized spacial score (nSPS) is 32.6. The average molecular weight is 221 g/mol. The number of piperidine rings is 1. The van der Waals surface area contributed by atoms with E-state index in [1.807, 2.05) is 6.92 Å². The molecule has 0 spiro atoms. The molecule has 0 amide bonds. The average Bonchev–Trinajstić information content (AvgIpc) is 2.91. The van der Waals surface area contributed by atoms with Crippen LogP contribution in [0.5, 0.6) is 0 Å². The standard InChI is InChI=1S/C13H23N3/c1-2-13(15,10-14)6-3-7-16-9-11-4-5-12(16)8-11/h11-12H,2-9,15H2,1H3. The van der Waals surface area contributed by atoms with Crippen LogP contribution in [0, 0.1) is 17.2 Å². The Morgan fingerprint density at radius 2 is 2.31 bits per heavy atom. The first kappa shape index (κ1) is 11.9. The lowest BCUT2D eigenvalue weighted by Crippen LogP contribution is -2.39. The van der Waals surface area contributed by atoms with Gasteiger partial charge in [-0.3, -0.25) is 0 Å². The Kier molecular flexibility index (Phi) is 3.51. The Balaban J connectivity index is 1.71. The Morgan fingerprint density at radius 3 is 2.81 bits per heavy atom. The number of nitrogens with zero attached hydrogens (tertiary/aromatic N) is 2. The van der Waals surface area contributed by atoms with Crippen LogP contribution in [0.1, 0.15) is 45.4 Å². The van der Waals surface area contributed by atoms with Gasteiger partial charge in [-0.2, -0.15) is 5.26 Å². The SMILES string of the molecule is CCC(N)(C#N)CCCN1CC2CCC1C2. The smallest absolute Gasteiger partial charge is 0.104 e. The molecule has 3 atom stereocenters. The number of fused-ring (bicyclic) bond motifs is 2. The van der Waals surface area contributed by atoms with Gasteiger partial charge in [0, 0.05) is 12.6 Å². The van der Waals surface area contributed by atoms with E-state index in [4.69, 9.17) is 11.0 Å². The lowest BCUT2D eigenvalue weighted by Gasteiger charge is -2.28. The summed E-state index contributed by atoms with van der Waals surface area (Å²) >= 11 is 0. The maximum absolute atomic E-state index is 8.99. The first-order chi connectivity index (χ1) is 7.67. The molecule has 1 aliphatic carbocycles. The van der Waals surface area contributed by atoms with Crippen LogP contribution in [0.3, 0.4) is 0 Å². The van der Waals surface area contributed by atoms with E-state index in [-0.39, 0.29) is 0 Å². The van der Waals surface area contributed by atoms with Gasteiger partial charge in [0.05, 0.1) is 6.07 Å². The molecule has 3 heteroatoms. The molecule has 1 saturated heterocycles. The highest BCUT2D eigenvalue weighted by molar-refractivity contribution is 5.03. The molecule has 0 aromatic carbocycles. The molecule has 16 heavy (non-hydrogen) atoms. The lowest BCUT2D eigenvalue weighted by atomic mass is 9.93. The van der Waals surface area contributed by atoms with Crippen molar-refractivity contribution in [1.82, 2.24) is 4.90 Å². The molecular weight excluding hydrogens is 198 g/mol. The zero-order chi connectivity index (χ0) is 11.6. The lowest BCUT2D eigenvalue weighted by molar-refractivity contribution is 0.205. The van der Waals surface area contributed by atoms with Crippen molar-refractivity contribution >= 4 is 0 Å². The number of nitrogens with two attached hydrogens (primary N) is 1. The topological polar surface area (TPSA) is 53.1 Å². The molecule has 1 aliphatic heterocycles. The highest BCUT2D eigenvalue weighted by Gasteiger charge is 2.37. The molecule has 1 heterocycles. The fraction of sp³-hybridized carbons (Fsp3) is 0.923. The fourth-order valence-electron chi connectivity index (χ4n) is 3.21. The summed E-state index contributed by atoms with van der Waals surface area (Å²) in [6.07, 6.45) is 6.92. The second-order valence-electron chi connectivity index (χ2n) is 5.55. The van der Waals surface area contributed by atoms with Crippen molar-refractivity contribution in [3.05, 3.63) is 0 Å². The van der Waals surface area contributed by atoms with Crippen LogP contribution >= 0.6 is 0 Å². The van der Waals surface area contributed by atoms with Crippen LogP contribution < -0.4 is 5.73 Å². The van der Waals surface area contributed by atoms with E-state index in [2.05, 4.69) is 11.0 Å². The van der Waals surface area contributed by atoms with E-state index in [0.29, 0.717) is 0 Å². The van der Waals surface area contributed by atoms with Crippen molar-refractivity contribution in [1.29, 1.82) is 5.26 Å². The highest BCUT2D eigenvalue weighted by atomic mass is 15.2. The predicted molar refractivity (Wildman–Crippen MR) is 64.8 cm³/mol. The maximum Gasteiger partial charge on any atom is 0.104 e. The van der Waals surface area contributed by atoms with Crippen LogP contribution in [0.25, 0.3) is 0 Å². The van der Waals surface area contributed by atoms with Gasteiger partial charge < -0.3 is 10.6 Å². The maximum atomic E-state index is 8.99. The third-order valence-corrected chi connectivity index (χ3v) is 4.44. The predicted octanol–water partition coefficient (Wildman–Crippen LogP) is 1.88. The summed E-state index contributed by atoms with van der Waals surface area (Å²) < 4.78 is 0. The Hall–Kier alpha value is -0.590. The van der Waals surface area contributed by atoms with E-state index < -0.39 is 5.54 Å². The summed E-state index contributed by atoms with van der Waals surface area (Å²) in [5.74, 6) is 0.967. The zero-order valence-electron chi connectivity index (χ0n) is 10.3. The summed E-state index contributed by atoms with van der Waals surface area (Å²) in [5.41, 5.74) is 5.39. The first-order valence-electron chi connectivity index (χ1n) is 6.61. The van der Waals surface area contributed by atoms with Gasteiger partial charge >= 0.3 is 0 Å². The van der Waals surface area contributed by atoms with Crippen molar-refractivity contribution in [3.8, 4) is 6.07 Å². The molecule has 2 bridgehead atoms. The number of rotatable bonds is 5. The van der Waals surface area contributed by atoms with Gasteiger partial charge in [-0.25, -0.2) is 0 Å². The fourth-order valence-corrected chi connectivity index (χ4v) is 3.21. The molecule has 90 valence electrons. The monoisotopic (exact) mass is 221 g/mol. The minimum Gasteiger partial charge on any atom is -0.313 e. The Labute approximate surface area is 98.6 Å². The Morgan fingerprint density at radius 1 is 1.50 bits per heavy atom. The van der Waals surface area contributed by atoms with E-state index >= 15 is 0 Å². The van der Waals surface area contributed by atoms with E-state index in [0.717, 1.165) is 37.8 Å². The van der Waals surface area contributed by atoms with Crippen molar-refractivity contribution in [3.63, 3.8) is 0 Å². The largest absolute Gasteiger partial charge is 0.313 e. The van der Waals surface area contributed by atoms with Gasteiger partial charge in [-0.05, 0) is 51.0 Å². The van der Waals surface area contributed by atoms with Crippen LogP contribution in [0.15, 0.2) is 0 Å². The van der Waals surface area contributed by atoms with Crippen molar-refractivity contribution in [2.24, 2.45) is 11.7 Å².